The maximum atomic E-state index is 15.3. The summed E-state index contributed by atoms with van der Waals surface area (Å²) in [5, 5.41) is 24.7. The third-order valence-electron chi connectivity index (χ3n) is 13.6. The number of rotatable bonds is 5. The number of halogens is 4. The number of hydrogen-bond acceptors (Lipinski definition) is 10. The van der Waals surface area contributed by atoms with Crippen LogP contribution in [0.15, 0.2) is 42.5 Å². The predicted molar refractivity (Wildman–Crippen MR) is 215 cm³/mol. The summed E-state index contributed by atoms with van der Waals surface area (Å²) < 4.78 is 60.0. The number of nitrogens with zero attached hydrogens (tertiary/aromatic N) is 8. The zero-order valence-electron chi connectivity index (χ0n) is 33.6. The van der Waals surface area contributed by atoms with Crippen LogP contribution in [0.3, 0.4) is 0 Å². The highest BCUT2D eigenvalue weighted by molar-refractivity contribution is 5.99. The van der Waals surface area contributed by atoms with Crippen LogP contribution < -0.4 is 20.4 Å². The first-order valence-corrected chi connectivity index (χ1v) is 20.8. The average Bonchev–Trinajstić information content (AvgIpc) is 3.56. The number of anilines is 3. The van der Waals surface area contributed by atoms with E-state index in [-0.39, 0.29) is 47.8 Å². The van der Waals surface area contributed by atoms with Gasteiger partial charge in [0.15, 0.2) is 22.9 Å². The molecule has 17 heteroatoms. The number of fused-ring (bicyclic) bond motifs is 4. The number of piperidine rings is 2. The quantitative estimate of drug-likeness (QED) is 0.304. The van der Waals surface area contributed by atoms with Crippen molar-refractivity contribution in [3.63, 3.8) is 0 Å². The van der Waals surface area contributed by atoms with Crippen LogP contribution in [0, 0.1) is 11.7 Å². The maximum absolute atomic E-state index is 15.3. The molecule has 6 aliphatic heterocycles. The van der Waals surface area contributed by atoms with E-state index in [0.29, 0.717) is 32.1 Å². The van der Waals surface area contributed by atoms with Crippen molar-refractivity contribution in [2.24, 2.45) is 5.92 Å². The molecule has 2 aromatic carbocycles. The van der Waals surface area contributed by atoms with Crippen molar-refractivity contribution in [3.8, 4) is 17.0 Å². The number of aromatic hydroxyl groups is 1. The lowest BCUT2D eigenvalue weighted by Gasteiger charge is -2.56. The molecule has 13 nitrogen and oxygen atoms in total. The zero-order valence-corrected chi connectivity index (χ0v) is 33.6. The van der Waals surface area contributed by atoms with Gasteiger partial charge in [-0.05, 0) is 87.9 Å². The first-order chi connectivity index (χ1) is 28.2. The second-order valence-electron chi connectivity index (χ2n) is 17.7. The monoisotopic (exact) mass is 820 g/mol. The molecule has 0 spiro atoms. The number of urea groups is 1. The minimum Gasteiger partial charge on any atom is -0.504 e. The number of para-hydroxylation sites is 1. The molecule has 316 valence electrons. The minimum absolute atomic E-state index is 0.0111. The summed E-state index contributed by atoms with van der Waals surface area (Å²) in [6.07, 6.45) is -0.610. The SMILES string of the molecule is CC1(C)CN(CC2CCN(c3ccc4c(c3)C(=O)N([C@H]3CCCNC3)C4)CC2)CCN1C(=O)N1CCN2c3cc(-c4cccc(F)c4O)nnc3NCC2(C(F)(F)F)C1. The molecule has 3 N–H and O–H groups in total. The number of nitrogens with one attached hydrogen (secondary N) is 2. The Bertz CT molecular complexity index is 2110. The summed E-state index contributed by atoms with van der Waals surface area (Å²) in [6, 6.07) is 11.4. The van der Waals surface area contributed by atoms with E-state index in [0.717, 1.165) is 81.3 Å². The lowest BCUT2D eigenvalue weighted by Crippen LogP contribution is -2.75. The van der Waals surface area contributed by atoms with E-state index in [1.807, 2.05) is 18.7 Å². The Hall–Kier alpha value is -4.90. The molecule has 1 aromatic heterocycles. The maximum Gasteiger partial charge on any atom is 0.415 e. The van der Waals surface area contributed by atoms with Gasteiger partial charge in [0.05, 0.1) is 30.0 Å². The van der Waals surface area contributed by atoms with Crippen molar-refractivity contribution in [3.05, 3.63) is 59.4 Å². The lowest BCUT2D eigenvalue weighted by atomic mass is 9.89. The highest BCUT2D eigenvalue weighted by Crippen LogP contribution is 2.47. The molecular formula is C42H52F4N10O3. The van der Waals surface area contributed by atoms with Gasteiger partial charge < -0.3 is 40.2 Å². The number of phenols is 1. The molecule has 9 rings (SSSR count). The van der Waals surface area contributed by atoms with Crippen LogP contribution in [0.1, 0.15) is 55.5 Å². The molecule has 6 aliphatic rings. The molecular weight excluding hydrogens is 769 g/mol. The predicted octanol–water partition coefficient (Wildman–Crippen LogP) is 4.98. The summed E-state index contributed by atoms with van der Waals surface area (Å²) in [7, 11) is 0. The Morgan fingerprint density at radius 1 is 0.966 bits per heavy atom. The van der Waals surface area contributed by atoms with Gasteiger partial charge in [-0.15, -0.1) is 10.2 Å². The third kappa shape index (κ3) is 7.06. The second-order valence-corrected chi connectivity index (χ2v) is 17.7. The molecule has 3 amide bonds. The van der Waals surface area contributed by atoms with Gasteiger partial charge in [0.1, 0.15) is 0 Å². The number of aromatic nitrogens is 2. The average molecular weight is 821 g/mol. The van der Waals surface area contributed by atoms with Crippen molar-refractivity contribution in [2.75, 3.05) is 93.7 Å². The number of phenolic OH excluding ortho intramolecular Hbond substituents is 1. The lowest BCUT2D eigenvalue weighted by molar-refractivity contribution is -0.191. The fourth-order valence-electron chi connectivity index (χ4n) is 10.3. The van der Waals surface area contributed by atoms with Gasteiger partial charge in [0.25, 0.3) is 5.91 Å². The number of alkyl halides is 3. The standard InChI is InChI=1S/C42H52F4N10O3/c1-40(2)25-51(22-27-10-13-52(14-11-27)29-9-8-28-23-54(38(58)32(28)19-29)30-5-4-12-47-21-30)15-17-56(40)39(59)53-16-18-55-35-20-34(31-6-3-7-33(43)36(31)57)49-50-37(35)48-24-41(55,26-53)42(44,45)46/h3,6-9,19-20,27,30,47,57H,4-5,10-18,21-26H2,1-2H3,(H,48,50)/t30-,41?/m0/s1. The highest BCUT2D eigenvalue weighted by atomic mass is 19.4. The van der Waals surface area contributed by atoms with E-state index < -0.39 is 47.9 Å². The molecule has 4 fully saturated rings. The Kier molecular flexibility index (Phi) is 10.0. The molecule has 0 radical (unpaired) electrons. The summed E-state index contributed by atoms with van der Waals surface area (Å²) in [6.45, 7) is 9.62. The van der Waals surface area contributed by atoms with E-state index in [1.54, 1.807) is 4.90 Å². The van der Waals surface area contributed by atoms with Crippen molar-refractivity contribution in [1.29, 1.82) is 0 Å². The van der Waals surface area contributed by atoms with Crippen LogP contribution in [0.2, 0.25) is 0 Å². The molecule has 0 bridgehead atoms. The van der Waals surface area contributed by atoms with E-state index in [2.05, 4.69) is 48.8 Å². The number of piperazine rings is 2. The molecule has 59 heavy (non-hydrogen) atoms. The number of benzene rings is 2. The normalized spacial score (nSPS) is 25.1. The molecule has 0 aliphatic carbocycles. The summed E-state index contributed by atoms with van der Waals surface area (Å²) in [5.41, 5.74) is 0.111. The van der Waals surface area contributed by atoms with Crippen molar-refractivity contribution < 1.29 is 32.3 Å². The highest BCUT2D eigenvalue weighted by Gasteiger charge is 2.63. The van der Waals surface area contributed by atoms with E-state index in [4.69, 9.17) is 0 Å². The van der Waals surface area contributed by atoms with Gasteiger partial charge in [-0.25, -0.2) is 9.18 Å². The molecule has 3 aromatic rings. The Balaban J connectivity index is 0.818. The topological polar surface area (TPSA) is 124 Å². The Labute approximate surface area is 341 Å². The van der Waals surface area contributed by atoms with Gasteiger partial charge in [0, 0.05) is 88.3 Å². The van der Waals surface area contributed by atoms with Gasteiger partial charge in [-0.2, -0.15) is 13.2 Å². The zero-order chi connectivity index (χ0) is 41.3. The molecule has 1 unspecified atom stereocenters. The first kappa shape index (κ1) is 39.6. The second kappa shape index (κ2) is 15.0. The number of amides is 3. The third-order valence-corrected chi connectivity index (χ3v) is 13.6. The van der Waals surface area contributed by atoms with Gasteiger partial charge in [-0.3, -0.25) is 9.69 Å². The van der Waals surface area contributed by atoms with Gasteiger partial charge in [-0.1, -0.05) is 12.1 Å². The summed E-state index contributed by atoms with van der Waals surface area (Å²) in [4.78, 5) is 38.7. The van der Waals surface area contributed by atoms with Crippen LogP contribution in [-0.4, -0.2) is 149 Å². The number of carbonyl (C=O) groups excluding carboxylic acids is 2. The molecule has 2 atom stereocenters. The molecule has 7 heterocycles. The Morgan fingerprint density at radius 3 is 2.53 bits per heavy atom. The first-order valence-electron chi connectivity index (χ1n) is 20.8. The summed E-state index contributed by atoms with van der Waals surface area (Å²) >= 11 is 0. The van der Waals surface area contributed by atoms with Gasteiger partial charge >= 0.3 is 12.2 Å². The minimum atomic E-state index is -4.74. The van der Waals surface area contributed by atoms with E-state index in [1.165, 1.54) is 28.0 Å². The van der Waals surface area contributed by atoms with Crippen LogP contribution in [0.5, 0.6) is 5.75 Å². The van der Waals surface area contributed by atoms with Crippen LogP contribution in [-0.2, 0) is 6.54 Å². The fraction of sp³-hybridized carbons (Fsp3) is 0.571. The van der Waals surface area contributed by atoms with Crippen LogP contribution in [0.4, 0.5) is 39.5 Å². The van der Waals surface area contributed by atoms with Crippen molar-refractivity contribution in [1.82, 2.24) is 35.1 Å². The van der Waals surface area contributed by atoms with E-state index in [9.17, 15) is 19.1 Å². The largest absolute Gasteiger partial charge is 0.504 e. The Morgan fingerprint density at radius 2 is 1.78 bits per heavy atom. The van der Waals surface area contributed by atoms with Crippen LogP contribution in [0.25, 0.3) is 11.3 Å². The number of hydrogen-bond donors (Lipinski definition) is 3. The fourth-order valence-corrected chi connectivity index (χ4v) is 10.3. The van der Waals surface area contributed by atoms with Gasteiger partial charge in [0.2, 0.25) is 0 Å². The molecule has 4 saturated heterocycles. The van der Waals surface area contributed by atoms with Crippen molar-refractivity contribution in [2.45, 2.75) is 69.4 Å². The number of carbonyl (C=O) groups is 2. The summed E-state index contributed by atoms with van der Waals surface area (Å²) in [5.74, 6) is -0.801. The smallest absolute Gasteiger partial charge is 0.415 e. The van der Waals surface area contributed by atoms with Crippen molar-refractivity contribution >= 4 is 29.1 Å². The van der Waals surface area contributed by atoms with E-state index >= 15 is 13.2 Å². The molecule has 0 saturated carbocycles. The van der Waals surface area contributed by atoms with Crippen LogP contribution >= 0.6 is 0 Å².